The minimum Gasteiger partial charge on any atom is -0.394 e. The van der Waals surface area contributed by atoms with Gasteiger partial charge >= 0.3 is 6.18 Å². The zero-order valence-corrected chi connectivity index (χ0v) is 22.8. The average Bonchev–Trinajstić information content (AvgIpc) is 3.50. The van der Waals surface area contributed by atoms with Gasteiger partial charge in [-0.05, 0) is 47.7 Å². The average molecular weight is 580 g/mol. The molecule has 1 unspecified atom stereocenters. The zero-order chi connectivity index (χ0) is 29.0. The third-order valence-electron chi connectivity index (χ3n) is 7.26. The Kier molecular flexibility index (Phi) is 8.51. The molecule has 0 spiro atoms. The van der Waals surface area contributed by atoms with Crippen molar-refractivity contribution >= 4 is 23.2 Å². The molecule has 6 nitrogen and oxygen atoms in total. The molecule has 4 aromatic rings. The van der Waals surface area contributed by atoms with Crippen LogP contribution in [0.3, 0.4) is 0 Å². The van der Waals surface area contributed by atoms with Gasteiger partial charge in [-0.15, -0.1) is 11.3 Å². The number of aliphatic hydroxyl groups is 1. The number of hydrogen-bond donors (Lipinski definition) is 2. The van der Waals surface area contributed by atoms with Crippen molar-refractivity contribution in [3.63, 3.8) is 0 Å². The molecule has 0 aliphatic carbocycles. The number of amides is 2. The lowest BCUT2D eigenvalue weighted by Crippen LogP contribution is -2.38. The molecule has 2 N–H and O–H groups in total. The summed E-state index contributed by atoms with van der Waals surface area (Å²) in [5.41, 5.74) is 1.93. The minimum absolute atomic E-state index is 0.0959. The maximum absolute atomic E-state index is 13.5. The van der Waals surface area contributed by atoms with Gasteiger partial charge in [0.15, 0.2) is 0 Å². The fourth-order valence-corrected chi connectivity index (χ4v) is 5.96. The van der Waals surface area contributed by atoms with Gasteiger partial charge in [-0.1, -0.05) is 60.7 Å². The summed E-state index contributed by atoms with van der Waals surface area (Å²) in [6, 6.07) is 20.5. The van der Waals surface area contributed by atoms with Gasteiger partial charge < -0.3 is 15.3 Å². The van der Waals surface area contributed by atoms with E-state index in [2.05, 4.69) is 10.3 Å². The number of nitrogens with one attached hydrogen (secondary N) is 1. The predicted molar refractivity (Wildman–Crippen MR) is 151 cm³/mol. The lowest BCUT2D eigenvalue weighted by atomic mass is 9.94. The molecule has 1 fully saturated rings. The Hall–Kier alpha value is -4.02. The standard InChI is InChI=1S/C31H28F3N3O3S/c32-31(33,34)23-12-10-20(11-13-23)24-8-4-5-9-25(24)30(40)37-16-14-22(15-17-37)29-36-27(19-41-29)28(39)35-26(18-38)21-6-2-1-3-7-21/h1-13,19,22,26,38H,14-18H2,(H,35,39). The van der Waals surface area contributed by atoms with Crippen LogP contribution in [0.4, 0.5) is 13.2 Å². The highest BCUT2D eigenvalue weighted by Crippen LogP contribution is 2.34. The van der Waals surface area contributed by atoms with Gasteiger partial charge in [-0.2, -0.15) is 13.2 Å². The fraction of sp³-hybridized carbons (Fsp3) is 0.258. The fourth-order valence-electron chi connectivity index (χ4n) is 4.99. The van der Waals surface area contributed by atoms with E-state index >= 15 is 0 Å². The number of aliphatic hydroxyl groups excluding tert-OH is 1. The molecular weight excluding hydrogens is 551 g/mol. The molecule has 1 aliphatic rings. The topological polar surface area (TPSA) is 82.5 Å². The Labute approximate surface area is 239 Å². The number of carbonyl (C=O) groups is 2. The molecule has 5 rings (SSSR count). The van der Waals surface area contributed by atoms with Crippen LogP contribution >= 0.6 is 11.3 Å². The first kappa shape index (κ1) is 28.5. The molecule has 212 valence electrons. The molecule has 41 heavy (non-hydrogen) atoms. The molecule has 1 aliphatic heterocycles. The third-order valence-corrected chi connectivity index (χ3v) is 8.26. The summed E-state index contributed by atoms with van der Waals surface area (Å²) in [4.78, 5) is 32.6. The molecule has 10 heteroatoms. The molecule has 0 bridgehead atoms. The number of alkyl halides is 3. The summed E-state index contributed by atoms with van der Waals surface area (Å²) in [6.07, 6.45) is -3.08. The van der Waals surface area contributed by atoms with Crippen molar-refractivity contribution in [2.24, 2.45) is 0 Å². The summed E-state index contributed by atoms with van der Waals surface area (Å²) in [5.74, 6) is -0.435. The first-order valence-corrected chi connectivity index (χ1v) is 14.1. The molecule has 2 heterocycles. The summed E-state index contributed by atoms with van der Waals surface area (Å²) >= 11 is 1.41. The van der Waals surface area contributed by atoms with E-state index in [0.717, 1.165) is 22.7 Å². The van der Waals surface area contributed by atoms with Gasteiger partial charge in [0.2, 0.25) is 0 Å². The van der Waals surface area contributed by atoms with Crippen molar-refractivity contribution in [2.45, 2.75) is 31.0 Å². The van der Waals surface area contributed by atoms with Crippen molar-refractivity contribution in [1.29, 1.82) is 0 Å². The molecule has 0 radical (unpaired) electrons. The quantitative estimate of drug-likeness (QED) is 0.269. The summed E-state index contributed by atoms with van der Waals surface area (Å²) in [5, 5.41) is 15.1. The van der Waals surface area contributed by atoms with Gasteiger partial charge in [-0.25, -0.2) is 4.98 Å². The van der Waals surface area contributed by atoms with Gasteiger partial charge in [0.05, 0.1) is 23.2 Å². The summed E-state index contributed by atoms with van der Waals surface area (Å²) in [7, 11) is 0. The number of aromatic nitrogens is 1. The number of nitrogens with zero attached hydrogens (tertiary/aromatic N) is 2. The largest absolute Gasteiger partial charge is 0.416 e. The molecule has 2 amide bonds. The van der Waals surface area contributed by atoms with E-state index in [-0.39, 0.29) is 24.3 Å². The first-order chi connectivity index (χ1) is 19.7. The van der Waals surface area contributed by atoms with Crippen molar-refractivity contribution in [3.05, 3.63) is 112 Å². The van der Waals surface area contributed by atoms with Crippen LogP contribution in [-0.4, -0.2) is 46.5 Å². The minimum atomic E-state index is -4.43. The van der Waals surface area contributed by atoms with Gasteiger partial charge in [0.1, 0.15) is 5.69 Å². The van der Waals surface area contributed by atoms with E-state index in [1.54, 1.807) is 34.5 Å². The van der Waals surface area contributed by atoms with Gasteiger partial charge in [0.25, 0.3) is 11.8 Å². The van der Waals surface area contributed by atoms with E-state index < -0.39 is 17.8 Å². The summed E-state index contributed by atoms with van der Waals surface area (Å²) < 4.78 is 39.0. The number of halogens is 3. The van der Waals surface area contributed by atoms with E-state index in [1.807, 2.05) is 30.3 Å². The van der Waals surface area contributed by atoms with Crippen LogP contribution in [0.5, 0.6) is 0 Å². The van der Waals surface area contributed by atoms with Crippen molar-refractivity contribution < 1.29 is 27.9 Å². The highest BCUT2D eigenvalue weighted by Gasteiger charge is 2.31. The molecule has 1 atom stereocenters. The van der Waals surface area contributed by atoms with Crippen LogP contribution in [0.2, 0.25) is 0 Å². The zero-order valence-electron chi connectivity index (χ0n) is 22.0. The van der Waals surface area contributed by atoms with Gasteiger partial charge in [0, 0.05) is 30.0 Å². The van der Waals surface area contributed by atoms with Crippen LogP contribution in [0.1, 0.15) is 61.8 Å². The maximum Gasteiger partial charge on any atom is 0.416 e. The van der Waals surface area contributed by atoms with Crippen LogP contribution < -0.4 is 5.32 Å². The second-order valence-corrected chi connectivity index (χ2v) is 10.8. The normalized spacial score (nSPS) is 15.0. The summed E-state index contributed by atoms with van der Waals surface area (Å²) in [6.45, 7) is 0.750. The van der Waals surface area contributed by atoms with Crippen LogP contribution in [0.25, 0.3) is 11.1 Å². The molecule has 0 saturated carbocycles. The second-order valence-electron chi connectivity index (χ2n) is 9.88. The van der Waals surface area contributed by atoms with Crippen molar-refractivity contribution in [1.82, 2.24) is 15.2 Å². The van der Waals surface area contributed by atoms with Crippen LogP contribution in [0.15, 0.2) is 84.2 Å². The smallest absolute Gasteiger partial charge is 0.394 e. The number of piperidine rings is 1. The molecule has 1 saturated heterocycles. The first-order valence-electron chi connectivity index (χ1n) is 13.2. The van der Waals surface area contributed by atoms with E-state index in [4.69, 9.17) is 0 Å². The van der Waals surface area contributed by atoms with Crippen molar-refractivity contribution in [2.75, 3.05) is 19.7 Å². The molecule has 3 aromatic carbocycles. The predicted octanol–water partition coefficient (Wildman–Crippen LogP) is 6.31. The Morgan fingerprint density at radius 1 is 0.976 bits per heavy atom. The maximum atomic E-state index is 13.5. The Bertz CT molecular complexity index is 1500. The Morgan fingerprint density at radius 3 is 2.29 bits per heavy atom. The number of rotatable bonds is 7. The number of thiazole rings is 1. The number of carbonyl (C=O) groups excluding carboxylic acids is 2. The monoisotopic (exact) mass is 579 g/mol. The molecule has 1 aromatic heterocycles. The van der Waals surface area contributed by atoms with Crippen LogP contribution in [-0.2, 0) is 6.18 Å². The lowest BCUT2D eigenvalue weighted by Gasteiger charge is -2.31. The van der Waals surface area contributed by atoms with Gasteiger partial charge in [-0.3, -0.25) is 9.59 Å². The Morgan fingerprint density at radius 2 is 1.63 bits per heavy atom. The highest BCUT2D eigenvalue weighted by atomic mass is 32.1. The highest BCUT2D eigenvalue weighted by molar-refractivity contribution is 7.09. The van der Waals surface area contributed by atoms with Crippen molar-refractivity contribution in [3.8, 4) is 11.1 Å². The third kappa shape index (κ3) is 6.49. The second kappa shape index (κ2) is 12.2. The number of hydrogen-bond acceptors (Lipinski definition) is 5. The van der Waals surface area contributed by atoms with Crippen LogP contribution in [0, 0.1) is 0 Å². The lowest BCUT2D eigenvalue weighted by molar-refractivity contribution is -0.137. The molecular formula is C31H28F3N3O3S. The van der Waals surface area contributed by atoms with E-state index in [0.29, 0.717) is 48.3 Å². The number of benzene rings is 3. The SMILES string of the molecule is O=C(NC(CO)c1ccccc1)c1csc(C2CCN(C(=O)c3ccccc3-c3ccc(C(F)(F)F)cc3)CC2)n1. The van der Waals surface area contributed by atoms with E-state index in [9.17, 15) is 27.9 Å². The Balaban J connectivity index is 1.22. The number of likely N-dealkylation sites (tertiary alicyclic amines) is 1. The van der Waals surface area contributed by atoms with E-state index in [1.165, 1.54) is 23.5 Å².